The van der Waals surface area contributed by atoms with Crippen molar-refractivity contribution in [2.75, 3.05) is 20.1 Å². The van der Waals surface area contributed by atoms with E-state index in [-0.39, 0.29) is 6.54 Å². The Kier molecular flexibility index (Phi) is 7.90. The van der Waals surface area contributed by atoms with E-state index in [2.05, 4.69) is 10.3 Å². The van der Waals surface area contributed by atoms with Gasteiger partial charge in [-0.2, -0.15) is 13.2 Å². The SMILES string of the molecule is CN(CC(=O)NC(Cc1ccccn1)c1ccccc1)C(=O)CNC(=O)C(F)(F)F. The number of aromatic nitrogens is 1. The highest BCUT2D eigenvalue weighted by Gasteiger charge is 2.38. The minimum absolute atomic E-state index is 0.383. The maximum Gasteiger partial charge on any atom is 0.471 e. The number of hydrogen-bond acceptors (Lipinski definition) is 4. The lowest BCUT2D eigenvalue weighted by atomic mass is 10.0. The molecule has 2 aromatic rings. The Morgan fingerprint density at radius 1 is 1.07 bits per heavy atom. The lowest BCUT2D eigenvalue weighted by Gasteiger charge is -2.22. The largest absolute Gasteiger partial charge is 0.471 e. The molecule has 1 atom stereocenters. The summed E-state index contributed by atoms with van der Waals surface area (Å²) in [5.74, 6) is -3.55. The first-order valence-electron chi connectivity index (χ1n) is 9.00. The van der Waals surface area contributed by atoms with Gasteiger partial charge in [0.2, 0.25) is 11.8 Å². The Balaban J connectivity index is 1.96. The number of halogens is 3. The average Bonchev–Trinajstić information content (AvgIpc) is 2.71. The highest BCUT2D eigenvalue weighted by molar-refractivity contribution is 5.89. The lowest BCUT2D eigenvalue weighted by molar-refractivity contribution is -0.174. The van der Waals surface area contributed by atoms with Gasteiger partial charge in [0.15, 0.2) is 0 Å². The van der Waals surface area contributed by atoms with Crippen molar-refractivity contribution >= 4 is 17.7 Å². The molecule has 2 rings (SSSR count). The van der Waals surface area contributed by atoms with E-state index in [0.717, 1.165) is 16.2 Å². The van der Waals surface area contributed by atoms with Gasteiger partial charge in [-0.15, -0.1) is 0 Å². The zero-order valence-corrected chi connectivity index (χ0v) is 16.1. The molecule has 2 N–H and O–H groups in total. The number of benzene rings is 1. The van der Waals surface area contributed by atoms with E-state index in [1.807, 2.05) is 42.5 Å². The van der Waals surface area contributed by atoms with Crippen molar-refractivity contribution in [3.8, 4) is 0 Å². The third kappa shape index (κ3) is 7.19. The van der Waals surface area contributed by atoms with Crippen LogP contribution in [0.2, 0.25) is 0 Å². The summed E-state index contributed by atoms with van der Waals surface area (Å²) in [5, 5.41) is 4.30. The van der Waals surface area contributed by atoms with Crippen LogP contribution in [0.4, 0.5) is 13.2 Å². The van der Waals surface area contributed by atoms with E-state index < -0.39 is 36.5 Å². The summed E-state index contributed by atoms with van der Waals surface area (Å²) in [6.07, 6.45) is -3.03. The maximum absolute atomic E-state index is 12.4. The monoisotopic (exact) mass is 422 g/mol. The molecule has 0 fully saturated rings. The van der Waals surface area contributed by atoms with Crippen molar-refractivity contribution in [2.24, 2.45) is 0 Å². The summed E-state index contributed by atoms with van der Waals surface area (Å²) in [7, 11) is 1.26. The Bertz CT molecular complexity index is 861. The predicted octanol–water partition coefficient (Wildman–Crippen LogP) is 1.62. The standard InChI is InChI=1S/C20H21F3N4O3/c1-27(18(29)12-25-19(30)20(21,22)23)13-17(28)26-16(14-7-3-2-4-8-14)11-15-9-5-6-10-24-15/h2-10,16H,11-13H2,1H3,(H,25,30)(H,26,28). The van der Waals surface area contributed by atoms with Crippen molar-refractivity contribution in [1.82, 2.24) is 20.5 Å². The number of carbonyl (C=O) groups excluding carboxylic acids is 3. The summed E-state index contributed by atoms with van der Waals surface area (Å²) in [6.45, 7) is -1.25. The Labute approximate surface area is 171 Å². The summed E-state index contributed by atoms with van der Waals surface area (Å²) >= 11 is 0. The predicted molar refractivity (Wildman–Crippen MR) is 102 cm³/mol. The first-order valence-corrected chi connectivity index (χ1v) is 9.00. The van der Waals surface area contributed by atoms with Crippen LogP contribution in [0.25, 0.3) is 0 Å². The number of rotatable bonds is 8. The highest BCUT2D eigenvalue weighted by Crippen LogP contribution is 2.17. The van der Waals surface area contributed by atoms with Crippen molar-refractivity contribution < 1.29 is 27.6 Å². The summed E-state index contributed by atoms with van der Waals surface area (Å²) in [4.78, 5) is 40.3. The van der Waals surface area contributed by atoms with Crippen LogP contribution in [0.3, 0.4) is 0 Å². The van der Waals surface area contributed by atoms with Gasteiger partial charge in [0.05, 0.1) is 19.1 Å². The maximum atomic E-state index is 12.4. The van der Waals surface area contributed by atoms with Gasteiger partial charge in [-0.05, 0) is 17.7 Å². The van der Waals surface area contributed by atoms with E-state index >= 15 is 0 Å². The zero-order valence-electron chi connectivity index (χ0n) is 16.1. The fraction of sp³-hybridized carbons (Fsp3) is 0.300. The number of nitrogens with one attached hydrogen (secondary N) is 2. The molecule has 0 saturated heterocycles. The van der Waals surface area contributed by atoms with Crippen LogP contribution in [-0.4, -0.2) is 53.9 Å². The number of nitrogens with zero attached hydrogens (tertiary/aromatic N) is 2. The molecule has 0 bridgehead atoms. The second-order valence-corrected chi connectivity index (χ2v) is 6.49. The molecule has 0 spiro atoms. The van der Waals surface area contributed by atoms with E-state index in [4.69, 9.17) is 0 Å². The van der Waals surface area contributed by atoms with Crippen molar-refractivity contribution in [1.29, 1.82) is 0 Å². The van der Waals surface area contributed by atoms with Gasteiger partial charge in [-0.1, -0.05) is 36.4 Å². The minimum Gasteiger partial charge on any atom is -0.347 e. The van der Waals surface area contributed by atoms with Crippen LogP contribution < -0.4 is 10.6 Å². The smallest absolute Gasteiger partial charge is 0.347 e. The topological polar surface area (TPSA) is 91.4 Å². The Morgan fingerprint density at radius 3 is 2.33 bits per heavy atom. The van der Waals surface area contributed by atoms with Gasteiger partial charge in [0.25, 0.3) is 0 Å². The van der Waals surface area contributed by atoms with Gasteiger partial charge in [0.1, 0.15) is 0 Å². The Morgan fingerprint density at radius 2 is 1.73 bits per heavy atom. The van der Waals surface area contributed by atoms with Crippen molar-refractivity contribution in [3.05, 3.63) is 66.0 Å². The third-order valence-electron chi connectivity index (χ3n) is 4.14. The van der Waals surface area contributed by atoms with Gasteiger partial charge < -0.3 is 15.5 Å². The van der Waals surface area contributed by atoms with Gasteiger partial charge in [-0.25, -0.2) is 0 Å². The normalized spacial score (nSPS) is 12.0. The first kappa shape index (κ1) is 22.9. The van der Waals surface area contributed by atoms with Crippen LogP contribution in [0.15, 0.2) is 54.7 Å². The highest BCUT2D eigenvalue weighted by atomic mass is 19.4. The van der Waals surface area contributed by atoms with Crippen LogP contribution >= 0.6 is 0 Å². The van der Waals surface area contributed by atoms with Gasteiger partial charge in [0, 0.05) is 25.4 Å². The molecule has 0 radical (unpaired) electrons. The van der Waals surface area contributed by atoms with E-state index in [1.54, 1.807) is 12.3 Å². The second-order valence-electron chi connectivity index (χ2n) is 6.49. The second kappa shape index (κ2) is 10.4. The number of likely N-dealkylation sites (N-methyl/N-ethyl adjacent to an activating group) is 1. The summed E-state index contributed by atoms with van der Waals surface area (Å²) in [6, 6.07) is 14.2. The first-order chi connectivity index (χ1) is 14.2. The molecule has 10 heteroatoms. The molecule has 30 heavy (non-hydrogen) atoms. The Hall–Kier alpha value is -3.43. The third-order valence-corrected chi connectivity index (χ3v) is 4.14. The quantitative estimate of drug-likeness (QED) is 0.676. The molecule has 0 aliphatic heterocycles. The molecule has 7 nitrogen and oxygen atoms in total. The average molecular weight is 422 g/mol. The number of hydrogen-bond donors (Lipinski definition) is 2. The number of carbonyl (C=O) groups is 3. The van der Waals surface area contributed by atoms with Crippen molar-refractivity contribution in [2.45, 2.75) is 18.6 Å². The molecule has 1 heterocycles. The molecule has 1 aromatic carbocycles. The molecule has 0 saturated carbocycles. The van der Waals surface area contributed by atoms with E-state index in [1.165, 1.54) is 12.4 Å². The molecule has 1 aromatic heterocycles. The fourth-order valence-corrected chi connectivity index (χ4v) is 2.60. The number of pyridine rings is 1. The van der Waals surface area contributed by atoms with Crippen LogP contribution in [-0.2, 0) is 20.8 Å². The van der Waals surface area contributed by atoms with Crippen LogP contribution in [0, 0.1) is 0 Å². The molecule has 3 amide bonds. The lowest BCUT2D eigenvalue weighted by Crippen LogP contribution is -2.46. The minimum atomic E-state index is -5.08. The number of amides is 3. The van der Waals surface area contributed by atoms with Gasteiger partial charge >= 0.3 is 12.1 Å². The summed E-state index contributed by atoms with van der Waals surface area (Å²) < 4.78 is 36.6. The molecular formula is C20H21F3N4O3. The molecule has 1 unspecified atom stereocenters. The summed E-state index contributed by atoms with van der Waals surface area (Å²) in [5.41, 5.74) is 1.59. The van der Waals surface area contributed by atoms with Crippen molar-refractivity contribution in [3.63, 3.8) is 0 Å². The molecule has 0 aliphatic carbocycles. The zero-order chi connectivity index (χ0) is 22.1. The van der Waals surface area contributed by atoms with Crippen LogP contribution in [0.1, 0.15) is 17.3 Å². The molecule has 0 aliphatic rings. The van der Waals surface area contributed by atoms with E-state index in [0.29, 0.717) is 6.42 Å². The molecule has 160 valence electrons. The number of alkyl halides is 3. The van der Waals surface area contributed by atoms with Crippen LogP contribution in [0.5, 0.6) is 0 Å². The molecular weight excluding hydrogens is 401 g/mol. The van der Waals surface area contributed by atoms with E-state index in [9.17, 15) is 27.6 Å². The fourth-order valence-electron chi connectivity index (χ4n) is 2.60. The van der Waals surface area contributed by atoms with Gasteiger partial charge in [-0.3, -0.25) is 19.4 Å².